The van der Waals surface area contributed by atoms with Crippen LogP contribution in [0.25, 0.3) is 66.1 Å². The third-order valence-electron chi connectivity index (χ3n) is 10.8. The topological polar surface area (TPSA) is 16.4 Å². The largest absolute Gasteiger partial charge is 0.455 e. The van der Waals surface area contributed by atoms with Crippen molar-refractivity contribution in [3.63, 3.8) is 0 Å². The van der Waals surface area contributed by atoms with Crippen molar-refractivity contribution in [3.05, 3.63) is 176 Å². The van der Waals surface area contributed by atoms with E-state index in [0.29, 0.717) is 0 Å². The van der Waals surface area contributed by atoms with E-state index < -0.39 is 8.07 Å². The van der Waals surface area contributed by atoms with Crippen molar-refractivity contribution in [3.8, 4) is 33.4 Å². The first kappa shape index (κ1) is 29.7. The molecule has 0 aliphatic carbocycles. The molecule has 0 radical (unpaired) electrons. The first-order valence-electron chi connectivity index (χ1n) is 17.7. The van der Waals surface area contributed by atoms with Gasteiger partial charge in [0.1, 0.15) is 19.2 Å². The van der Waals surface area contributed by atoms with Crippen LogP contribution in [0.15, 0.2) is 180 Å². The molecule has 1 aromatic heterocycles. The molecule has 51 heavy (non-hydrogen) atoms. The molecule has 1 aliphatic heterocycles. The fourth-order valence-electron chi connectivity index (χ4n) is 8.28. The number of anilines is 3. The Morgan fingerprint density at radius 3 is 2.08 bits per heavy atom. The Bertz CT molecular complexity index is 2790. The highest BCUT2D eigenvalue weighted by atomic mass is 28.3. The van der Waals surface area contributed by atoms with Gasteiger partial charge in [-0.2, -0.15) is 0 Å². The van der Waals surface area contributed by atoms with E-state index in [0.717, 1.165) is 28.2 Å². The number of para-hydroxylation sites is 2. The zero-order chi connectivity index (χ0) is 34.1. The van der Waals surface area contributed by atoms with Crippen molar-refractivity contribution in [1.82, 2.24) is 0 Å². The van der Waals surface area contributed by atoms with Crippen LogP contribution in [-0.4, -0.2) is 8.07 Å². The molecule has 10 rings (SSSR count). The molecule has 0 N–H and O–H groups in total. The third kappa shape index (κ3) is 4.70. The summed E-state index contributed by atoms with van der Waals surface area (Å²) in [5.41, 5.74) is 12.7. The normalized spacial score (nSPS) is 13.1. The zero-order valence-corrected chi connectivity index (χ0v) is 29.6. The number of benzene rings is 8. The van der Waals surface area contributed by atoms with Crippen LogP contribution in [0.1, 0.15) is 0 Å². The lowest BCUT2D eigenvalue weighted by Gasteiger charge is -2.30. The maximum atomic E-state index is 6.62. The van der Waals surface area contributed by atoms with E-state index in [2.05, 4.69) is 194 Å². The average Bonchev–Trinajstić information content (AvgIpc) is 3.67. The van der Waals surface area contributed by atoms with Crippen LogP contribution in [0.4, 0.5) is 17.1 Å². The molecule has 0 saturated carbocycles. The maximum Gasteiger partial charge on any atom is 0.143 e. The minimum absolute atomic E-state index is 0.945. The predicted molar refractivity (Wildman–Crippen MR) is 219 cm³/mol. The Kier molecular flexibility index (Phi) is 6.67. The second kappa shape index (κ2) is 11.4. The highest BCUT2D eigenvalue weighted by molar-refractivity contribution is 7.04. The van der Waals surface area contributed by atoms with Gasteiger partial charge in [0.15, 0.2) is 0 Å². The quantitative estimate of drug-likeness (QED) is 0.170. The third-order valence-corrected chi connectivity index (χ3v) is 14.4. The lowest BCUT2D eigenvalue weighted by Crippen LogP contribution is -2.49. The molecule has 0 bridgehead atoms. The van der Waals surface area contributed by atoms with Crippen molar-refractivity contribution in [2.75, 3.05) is 4.90 Å². The van der Waals surface area contributed by atoms with Gasteiger partial charge in [-0.1, -0.05) is 147 Å². The number of fused-ring (bicyclic) bond motifs is 8. The molecule has 2 nitrogen and oxygen atoms in total. The molecule has 1 aliphatic rings. The number of hydrogen-bond acceptors (Lipinski definition) is 2. The molecule has 0 fully saturated rings. The van der Waals surface area contributed by atoms with Crippen LogP contribution >= 0.6 is 0 Å². The SMILES string of the molecule is C[Si]1(C)c2cc(N(c3cccc(-c4ccc5ccccc5c4)c3)c3ccccc3-c3ccccc3)ccc2-c2c1ccc1c2oc2ccccc21. The van der Waals surface area contributed by atoms with Gasteiger partial charge in [0.2, 0.25) is 0 Å². The summed E-state index contributed by atoms with van der Waals surface area (Å²) in [5.74, 6) is 0. The Labute approximate surface area is 298 Å². The van der Waals surface area contributed by atoms with Crippen LogP contribution in [0.5, 0.6) is 0 Å². The minimum Gasteiger partial charge on any atom is -0.455 e. The molecule has 0 amide bonds. The molecule has 8 aromatic carbocycles. The Hall–Kier alpha value is -6.16. The summed E-state index contributed by atoms with van der Waals surface area (Å²) in [5, 5.41) is 7.74. The van der Waals surface area contributed by atoms with Gasteiger partial charge in [-0.25, -0.2) is 0 Å². The van der Waals surface area contributed by atoms with E-state index in [-0.39, 0.29) is 0 Å². The number of hydrogen-bond donors (Lipinski definition) is 0. The van der Waals surface area contributed by atoms with Gasteiger partial charge in [0, 0.05) is 33.3 Å². The summed E-state index contributed by atoms with van der Waals surface area (Å²) < 4.78 is 6.62. The Morgan fingerprint density at radius 1 is 0.451 bits per heavy atom. The lowest BCUT2D eigenvalue weighted by atomic mass is 9.98. The van der Waals surface area contributed by atoms with Crippen molar-refractivity contribution < 1.29 is 4.42 Å². The fraction of sp³-hybridized carbons (Fsp3) is 0.0417. The average molecular weight is 670 g/mol. The lowest BCUT2D eigenvalue weighted by molar-refractivity contribution is 0.670. The van der Waals surface area contributed by atoms with Crippen molar-refractivity contribution in [2.45, 2.75) is 13.1 Å². The van der Waals surface area contributed by atoms with Gasteiger partial charge < -0.3 is 9.32 Å². The summed E-state index contributed by atoms with van der Waals surface area (Å²) in [7, 11) is -2.08. The van der Waals surface area contributed by atoms with Gasteiger partial charge in [-0.15, -0.1) is 0 Å². The molecule has 0 unspecified atom stereocenters. The summed E-state index contributed by atoms with van der Waals surface area (Å²) in [4.78, 5) is 2.46. The fourth-order valence-corrected chi connectivity index (χ4v) is 11.3. The molecule has 2 heterocycles. The molecule has 0 saturated heterocycles. The van der Waals surface area contributed by atoms with E-state index in [4.69, 9.17) is 4.42 Å². The number of rotatable bonds is 5. The highest BCUT2D eigenvalue weighted by Crippen LogP contribution is 2.44. The van der Waals surface area contributed by atoms with E-state index in [1.165, 1.54) is 65.3 Å². The van der Waals surface area contributed by atoms with Crippen LogP contribution in [0.2, 0.25) is 13.1 Å². The summed E-state index contributed by atoms with van der Waals surface area (Å²) in [6.45, 7) is 4.97. The van der Waals surface area contributed by atoms with Crippen molar-refractivity contribution >= 4 is 68.2 Å². The number of nitrogens with zero attached hydrogens (tertiary/aromatic N) is 1. The van der Waals surface area contributed by atoms with Gasteiger partial charge in [0.05, 0.1) is 5.69 Å². The Morgan fingerprint density at radius 2 is 1.18 bits per heavy atom. The van der Waals surface area contributed by atoms with E-state index in [1.807, 2.05) is 0 Å². The molecule has 0 spiro atoms. The minimum atomic E-state index is -2.08. The number of furan rings is 1. The van der Waals surface area contributed by atoms with Crippen molar-refractivity contribution in [2.24, 2.45) is 0 Å². The highest BCUT2D eigenvalue weighted by Gasteiger charge is 2.40. The second-order valence-corrected chi connectivity index (χ2v) is 18.5. The summed E-state index contributed by atoms with van der Waals surface area (Å²) >= 11 is 0. The van der Waals surface area contributed by atoms with Gasteiger partial charge in [-0.3, -0.25) is 0 Å². The van der Waals surface area contributed by atoms with E-state index in [1.54, 1.807) is 0 Å². The zero-order valence-electron chi connectivity index (χ0n) is 28.6. The van der Waals surface area contributed by atoms with Crippen LogP contribution in [0.3, 0.4) is 0 Å². The monoisotopic (exact) mass is 669 g/mol. The maximum absolute atomic E-state index is 6.62. The smallest absolute Gasteiger partial charge is 0.143 e. The first-order chi connectivity index (χ1) is 25.0. The standard InChI is InChI=1S/C48H35NOSi/c1-51(2)45-28-27-41-40-20-9-11-22-44(40)50-48(41)47(45)42-26-25-38(31-46(42)51)49(43-21-10-8-19-39(43)33-14-4-3-5-15-33)37-18-12-17-35(30-37)36-24-23-32-13-6-7-16-34(32)29-36/h3-31H,1-2H3. The molecule has 3 heteroatoms. The van der Waals surface area contributed by atoms with Gasteiger partial charge >= 0.3 is 0 Å². The Balaban J connectivity index is 1.18. The van der Waals surface area contributed by atoms with Crippen LogP contribution in [0, 0.1) is 0 Å². The molecular formula is C48H35NOSi. The van der Waals surface area contributed by atoms with Crippen LogP contribution in [-0.2, 0) is 0 Å². The van der Waals surface area contributed by atoms with Crippen LogP contribution < -0.4 is 15.3 Å². The molecule has 9 aromatic rings. The van der Waals surface area contributed by atoms with Gasteiger partial charge in [-0.05, 0) is 85.9 Å². The van der Waals surface area contributed by atoms with E-state index in [9.17, 15) is 0 Å². The second-order valence-electron chi connectivity index (χ2n) is 14.1. The molecule has 242 valence electrons. The summed E-state index contributed by atoms with van der Waals surface area (Å²) in [6.07, 6.45) is 0. The summed E-state index contributed by atoms with van der Waals surface area (Å²) in [6, 6.07) is 64.1. The molecular weight excluding hydrogens is 635 g/mol. The van der Waals surface area contributed by atoms with Gasteiger partial charge in [0.25, 0.3) is 0 Å². The first-order valence-corrected chi connectivity index (χ1v) is 20.7. The molecule has 0 atom stereocenters. The predicted octanol–water partition coefficient (Wildman–Crippen LogP) is 12.3. The van der Waals surface area contributed by atoms with E-state index >= 15 is 0 Å². The van der Waals surface area contributed by atoms with Crippen molar-refractivity contribution in [1.29, 1.82) is 0 Å².